The molecule has 0 aliphatic heterocycles. The second kappa shape index (κ2) is 10.6. The van der Waals surface area contributed by atoms with Crippen LogP contribution in [0.15, 0.2) is 40.9 Å². The first-order valence-corrected chi connectivity index (χ1v) is 10.9. The highest BCUT2D eigenvalue weighted by Gasteiger charge is 2.13. The van der Waals surface area contributed by atoms with Crippen molar-refractivity contribution in [3.05, 3.63) is 68.4 Å². The summed E-state index contributed by atoms with van der Waals surface area (Å²) in [5.41, 5.74) is 5.17. The number of ether oxygens (including phenoxy) is 2. The number of hydrogen-bond acceptors (Lipinski definition) is 5. The lowest BCUT2D eigenvalue weighted by Crippen LogP contribution is -2.17. The van der Waals surface area contributed by atoms with Crippen molar-refractivity contribution >= 4 is 28.1 Å². The van der Waals surface area contributed by atoms with E-state index < -0.39 is 0 Å². The Morgan fingerprint density at radius 2 is 1.93 bits per heavy atom. The lowest BCUT2D eigenvalue weighted by molar-refractivity contribution is 0.267. The van der Waals surface area contributed by atoms with Gasteiger partial charge in [-0.3, -0.25) is 5.10 Å². The standard InChI is InChI=1S/C21H24BrFN4O2S/c1-3-5-19-25-26-21(30)27(19)24-12-15-10-17(22)20(18(11-15)28-4-2)29-13-14-6-8-16(23)9-7-14/h6-11,24H,3-5,12-13H2,1-2H3,(H,26,30). The molecule has 3 rings (SSSR count). The Hall–Kier alpha value is -2.39. The van der Waals surface area contributed by atoms with Gasteiger partial charge in [0.1, 0.15) is 12.4 Å². The SMILES string of the molecule is CCCc1n[nH]c(=S)n1NCc1cc(Br)c(OCc2ccc(F)cc2)c(OCC)c1. The van der Waals surface area contributed by atoms with Crippen molar-refractivity contribution in [2.24, 2.45) is 0 Å². The molecule has 30 heavy (non-hydrogen) atoms. The molecule has 0 aliphatic carbocycles. The fourth-order valence-corrected chi connectivity index (χ4v) is 3.74. The van der Waals surface area contributed by atoms with Crippen LogP contribution in [0, 0.1) is 10.6 Å². The highest BCUT2D eigenvalue weighted by molar-refractivity contribution is 9.10. The molecule has 1 heterocycles. The van der Waals surface area contributed by atoms with Crippen molar-refractivity contribution < 1.29 is 13.9 Å². The van der Waals surface area contributed by atoms with E-state index in [1.807, 2.05) is 19.1 Å². The summed E-state index contributed by atoms with van der Waals surface area (Å²) in [5, 5.41) is 7.08. The van der Waals surface area contributed by atoms with Crippen LogP contribution in [0.1, 0.15) is 37.2 Å². The van der Waals surface area contributed by atoms with Crippen LogP contribution >= 0.6 is 28.1 Å². The molecule has 1 aromatic heterocycles. The largest absolute Gasteiger partial charge is 0.490 e. The molecule has 2 N–H and O–H groups in total. The molecule has 0 amide bonds. The molecule has 0 saturated carbocycles. The molecule has 0 fully saturated rings. The number of aryl methyl sites for hydroxylation is 1. The molecule has 9 heteroatoms. The molecule has 0 radical (unpaired) electrons. The second-order valence-electron chi connectivity index (χ2n) is 6.62. The monoisotopic (exact) mass is 494 g/mol. The van der Waals surface area contributed by atoms with E-state index in [4.69, 9.17) is 21.7 Å². The minimum atomic E-state index is -0.272. The van der Waals surface area contributed by atoms with Gasteiger partial charge in [-0.15, -0.1) is 0 Å². The van der Waals surface area contributed by atoms with Gasteiger partial charge in [0.15, 0.2) is 17.3 Å². The van der Waals surface area contributed by atoms with E-state index in [-0.39, 0.29) is 5.82 Å². The third-order valence-electron chi connectivity index (χ3n) is 4.32. The first-order valence-electron chi connectivity index (χ1n) is 9.74. The first-order chi connectivity index (χ1) is 14.5. The molecule has 0 bridgehead atoms. The summed E-state index contributed by atoms with van der Waals surface area (Å²) in [4.78, 5) is 0. The number of benzene rings is 2. The van der Waals surface area contributed by atoms with Crippen LogP contribution in [0.3, 0.4) is 0 Å². The minimum Gasteiger partial charge on any atom is -0.490 e. The molecule has 160 valence electrons. The third-order valence-corrected chi connectivity index (χ3v) is 5.19. The second-order valence-corrected chi connectivity index (χ2v) is 7.86. The van der Waals surface area contributed by atoms with Crippen molar-refractivity contribution in [2.75, 3.05) is 12.0 Å². The van der Waals surface area contributed by atoms with Gasteiger partial charge < -0.3 is 14.9 Å². The van der Waals surface area contributed by atoms with Crippen molar-refractivity contribution in [2.45, 2.75) is 39.8 Å². The van der Waals surface area contributed by atoms with E-state index in [1.165, 1.54) is 12.1 Å². The van der Waals surface area contributed by atoms with Crippen LogP contribution in [0.5, 0.6) is 11.5 Å². The van der Waals surface area contributed by atoms with E-state index in [0.29, 0.717) is 36.0 Å². The number of nitrogens with one attached hydrogen (secondary N) is 2. The highest BCUT2D eigenvalue weighted by Crippen LogP contribution is 2.37. The van der Waals surface area contributed by atoms with Crippen LogP contribution in [0.25, 0.3) is 0 Å². The van der Waals surface area contributed by atoms with Gasteiger partial charge in [0.05, 0.1) is 17.6 Å². The molecule has 0 aliphatic rings. The summed E-state index contributed by atoms with van der Waals surface area (Å²) in [6, 6.07) is 10.1. The van der Waals surface area contributed by atoms with Crippen LogP contribution in [0.4, 0.5) is 4.39 Å². The Balaban J connectivity index is 1.76. The van der Waals surface area contributed by atoms with Crippen LogP contribution in [-0.2, 0) is 19.6 Å². The smallest absolute Gasteiger partial charge is 0.214 e. The van der Waals surface area contributed by atoms with Crippen molar-refractivity contribution in [1.29, 1.82) is 0 Å². The maximum Gasteiger partial charge on any atom is 0.214 e. The average Bonchev–Trinajstić information content (AvgIpc) is 3.07. The molecule has 6 nitrogen and oxygen atoms in total. The fourth-order valence-electron chi connectivity index (χ4n) is 2.92. The van der Waals surface area contributed by atoms with E-state index in [1.54, 1.807) is 16.8 Å². The zero-order valence-corrected chi connectivity index (χ0v) is 19.3. The number of hydrogen-bond donors (Lipinski definition) is 2. The van der Waals surface area contributed by atoms with Gasteiger partial charge >= 0.3 is 0 Å². The number of halogens is 2. The van der Waals surface area contributed by atoms with Gasteiger partial charge in [-0.05, 0) is 76.9 Å². The number of aromatic amines is 1. The van der Waals surface area contributed by atoms with Gasteiger partial charge in [-0.1, -0.05) is 19.1 Å². The van der Waals surface area contributed by atoms with Crippen LogP contribution < -0.4 is 14.9 Å². The molecular formula is C21H24BrFN4O2S. The lowest BCUT2D eigenvalue weighted by atomic mass is 10.2. The molecule has 0 unspecified atom stereocenters. The molecule has 0 spiro atoms. The Morgan fingerprint density at radius 3 is 2.63 bits per heavy atom. The highest BCUT2D eigenvalue weighted by atomic mass is 79.9. The summed E-state index contributed by atoms with van der Waals surface area (Å²) in [7, 11) is 0. The number of rotatable bonds is 10. The molecule has 2 aromatic carbocycles. The third kappa shape index (κ3) is 5.60. The first kappa shape index (κ1) is 22.3. The molecule has 0 atom stereocenters. The normalized spacial score (nSPS) is 10.8. The molecule has 0 saturated heterocycles. The lowest BCUT2D eigenvalue weighted by Gasteiger charge is -2.16. The predicted octanol–water partition coefficient (Wildman–Crippen LogP) is 5.52. The average molecular weight is 495 g/mol. The quantitative estimate of drug-likeness (QED) is 0.363. The summed E-state index contributed by atoms with van der Waals surface area (Å²) in [5.74, 6) is 1.84. The maximum absolute atomic E-state index is 13.1. The van der Waals surface area contributed by atoms with Crippen molar-refractivity contribution in [3.8, 4) is 11.5 Å². The van der Waals surface area contributed by atoms with E-state index in [0.717, 1.165) is 34.3 Å². The van der Waals surface area contributed by atoms with E-state index >= 15 is 0 Å². The molecule has 3 aromatic rings. The van der Waals surface area contributed by atoms with Gasteiger partial charge in [-0.2, -0.15) is 5.10 Å². The zero-order valence-electron chi connectivity index (χ0n) is 16.9. The van der Waals surface area contributed by atoms with E-state index in [2.05, 4.69) is 38.5 Å². The Labute approximate surface area is 188 Å². The van der Waals surface area contributed by atoms with E-state index in [9.17, 15) is 4.39 Å². The van der Waals surface area contributed by atoms with Crippen molar-refractivity contribution in [1.82, 2.24) is 14.9 Å². The summed E-state index contributed by atoms with van der Waals surface area (Å²) in [6.07, 6.45) is 1.80. The fraction of sp³-hybridized carbons (Fsp3) is 0.333. The minimum absolute atomic E-state index is 0.272. The van der Waals surface area contributed by atoms with Crippen LogP contribution in [-0.4, -0.2) is 21.5 Å². The Morgan fingerprint density at radius 1 is 1.17 bits per heavy atom. The van der Waals surface area contributed by atoms with Gasteiger partial charge in [-0.25, -0.2) is 9.07 Å². The summed E-state index contributed by atoms with van der Waals surface area (Å²) < 4.78 is 28.0. The predicted molar refractivity (Wildman–Crippen MR) is 121 cm³/mol. The number of aromatic nitrogens is 3. The Bertz CT molecular complexity index is 1040. The number of nitrogens with zero attached hydrogens (tertiary/aromatic N) is 2. The van der Waals surface area contributed by atoms with Crippen molar-refractivity contribution in [3.63, 3.8) is 0 Å². The van der Waals surface area contributed by atoms with Gasteiger partial charge in [0.2, 0.25) is 4.77 Å². The summed E-state index contributed by atoms with van der Waals surface area (Å²) in [6.45, 7) is 5.36. The van der Waals surface area contributed by atoms with Crippen LogP contribution in [0.2, 0.25) is 0 Å². The van der Waals surface area contributed by atoms with Gasteiger partial charge in [0, 0.05) is 6.42 Å². The molecular weight excluding hydrogens is 471 g/mol. The maximum atomic E-state index is 13.1. The number of H-pyrrole nitrogens is 1. The zero-order chi connectivity index (χ0) is 21.5. The topological polar surface area (TPSA) is 64.1 Å². The Kier molecular flexibility index (Phi) is 7.87. The summed E-state index contributed by atoms with van der Waals surface area (Å²) >= 11 is 8.90. The van der Waals surface area contributed by atoms with Gasteiger partial charge in [0.25, 0.3) is 0 Å².